The summed E-state index contributed by atoms with van der Waals surface area (Å²) in [6.45, 7) is 7.16. The Morgan fingerprint density at radius 3 is 2.43 bits per heavy atom. The van der Waals surface area contributed by atoms with Crippen LogP contribution in [0.3, 0.4) is 0 Å². The summed E-state index contributed by atoms with van der Waals surface area (Å²) in [4.78, 5) is 4.31. The second-order valence-electron chi connectivity index (χ2n) is 5.37. The Kier molecular flexibility index (Phi) is 3.98. The van der Waals surface area contributed by atoms with Crippen LogP contribution in [0.2, 0.25) is 0 Å². The van der Waals surface area contributed by atoms with Crippen molar-refractivity contribution < 1.29 is 13.2 Å². The number of alkyl halides is 3. The van der Waals surface area contributed by atoms with Gasteiger partial charge >= 0.3 is 6.18 Å². The van der Waals surface area contributed by atoms with Crippen LogP contribution in [0.25, 0.3) is 5.69 Å². The Labute approximate surface area is 121 Å². The normalized spacial score (nSPS) is 12.0. The fourth-order valence-electron chi connectivity index (χ4n) is 2.12. The van der Waals surface area contributed by atoms with E-state index < -0.39 is 11.7 Å². The molecule has 0 fully saturated rings. The summed E-state index contributed by atoms with van der Waals surface area (Å²) < 4.78 is 40.7. The van der Waals surface area contributed by atoms with E-state index in [4.69, 9.17) is 0 Å². The van der Waals surface area contributed by atoms with Crippen molar-refractivity contribution in [3.63, 3.8) is 0 Å². The van der Waals surface area contributed by atoms with Crippen molar-refractivity contribution in [1.82, 2.24) is 9.55 Å². The highest BCUT2D eigenvalue weighted by Crippen LogP contribution is 2.33. The van der Waals surface area contributed by atoms with Gasteiger partial charge in [-0.1, -0.05) is 6.07 Å². The monoisotopic (exact) mass is 297 g/mol. The fourth-order valence-corrected chi connectivity index (χ4v) is 2.12. The van der Waals surface area contributed by atoms with Crippen LogP contribution < -0.4 is 5.32 Å². The number of nitrogens with one attached hydrogen (secondary N) is 1. The molecular formula is C15H18F3N3. The molecule has 21 heavy (non-hydrogen) atoms. The quantitative estimate of drug-likeness (QED) is 0.914. The predicted molar refractivity (Wildman–Crippen MR) is 76.8 cm³/mol. The first kappa shape index (κ1) is 15.4. The van der Waals surface area contributed by atoms with Crippen molar-refractivity contribution in [2.75, 3.05) is 5.32 Å². The highest BCUT2D eigenvalue weighted by atomic mass is 19.4. The predicted octanol–water partition coefficient (Wildman–Crippen LogP) is 4.33. The maximum Gasteiger partial charge on any atom is 0.416 e. The molecule has 1 heterocycles. The van der Waals surface area contributed by atoms with Crippen LogP contribution in [0.1, 0.15) is 30.7 Å². The molecule has 0 aliphatic heterocycles. The van der Waals surface area contributed by atoms with Crippen LogP contribution in [-0.4, -0.2) is 15.6 Å². The highest BCUT2D eigenvalue weighted by Gasteiger charge is 2.32. The molecule has 2 rings (SSSR count). The molecule has 3 nitrogen and oxygen atoms in total. The van der Waals surface area contributed by atoms with Crippen LogP contribution in [0.4, 0.5) is 19.1 Å². The largest absolute Gasteiger partial charge is 0.416 e. The van der Waals surface area contributed by atoms with Crippen LogP contribution in [0, 0.1) is 13.8 Å². The van der Waals surface area contributed by atoms with Gasteiger partial charge in [-0.3, -0.25) is 4.57 Å². The molecule has 0 spiro atoms. The minimum absolute atomic E-state index is 0.137. The average Bonchev–Trinajstić information content (AvgIpc) is 2.68. The van der Waals surface area contributed by atoms with Gasteiger partial charge in [0.15, 0.2) is 0 Å². The maximum absolute atomic E-state index is 13.0. The van der Waals surface area contributed by atoms with Crippen molar-refractivity contribution in [2.24, 2.45) is 0 Å². The number of benzene rings is 1. The van der Waals surface area contributed by atoms with E-state index in [0.717, 1.165) is 11.8 Å². The standard InChI is InChI=1S/C15H18F3N3/c1-9(2)19-14-20-11(4)8-21(14)12-6-5-10(3)13(7-12)15(16,17)18/h5-9H,1-4H3,(H,19,20). The number of rotatable bonds is 3. The average molecular weight is 297 g/mol. The number of aromatic nitrogens is 2. The van der Waals surface area contributed by atoms with Crippen LogP contribution in [0.5, 0.6) is 0 Å². The van der Waals surface area contributed by atoms with Crippen molar-refractivity contribution in [3.05, 3.63) is 41.2 Å². The molecule has 0 unspecified atom stereocenters. The van der Waals surface area contributed by atoms with E-state index in [-0.39, 0.29) is 11.6 Å². The van der Waals surface area contributed by atoms with E-state index >= 15 is 0 Å². The van der Waals surface area contributed by atoms with Gasteiger partial charge in [0.1, 0.15) is 0 Å². The number of hydrogen-bond donors (Lipinski definition) is 1. The van der Waals surface area contributed by atoms with Crippen molar-refractivity contribution in [1.29, 1.82) is 0 Å². The molecule has 6 heteroatoms. The number of anilines is 1. The molecule has 1 N–H and O–H groups in total. The summed E-state index contributed by atoms with van der Waals surface area (Å²) in [5, 5.41) is 3.14. The Bertz CT molecular complexity index is 642. The molecule has 0 radical (unpaired) electrons. The van der Waals surface area contributed by atoms with Gasteiger partial charge in [0.2, 0.25) is 5.95 Å². The Morgan fingerprint density at radius 1 is 1.19 bits per heavy atom. The van der Waals surface area contributed by atoms with Crippen LogP contribution in [0.15, 0.2) is 24.4 Å². The van der Waals surface area contributed by atoms with Gasteiger partial charge < -0.3 is 5.32 Å². The number of halogens is 3. The van der Waals surface area contributed by atoms with Crippen LogP contribution >= 0.6 is 0 Å². The summed E-state index contributed by atoms with van der Waals surface area (Å²) in [5.74, 6) is 0.541. The minimum atomic E-state index is -4.36. The summed E-state index contributed by atoms with van der Waals surface area (Å²) in [6.07, 6.45) is -2.64. The summed E-state index contributed by atoms with van der Waals surface area (Å²) >= 11 is 0. The van der Waals surface area contributed by atoms with E-state index in [9.17, 15) is 13.2 Å². The number of imidazole rings is 1. The van der Waals surface area contributed by atoms with Crippen LogP contribution in [-0.2, 0) is 6.18 Å². The van der Waals surface area contributed by atoms with E-state index in [1.165, 1.54) is 13.0 Å². The van der Waals surface area contributed by atoms with E-state index in [1.54, 1.807) is 23.8 Å². The molecular weight excluding hydrogens is 279 g/mol. The van der Waals surface area contributed by atoms with Crippen molar-refractivity contribution >= 4 is 5.95 Å². The lowest BCUT2D eigenvalue weighted by Gasteiger charge is -2.15. The van der Waals surface area contributed by atoms with Gasteiger partial charge in [-0.2, -0.15) is 13.2 Å². The van der Waals surface area contributed by atoms with Gasteiger partial charge in [0.05, 0.1) is 11.3 Å². The van der Waals surface area contributed by atoms with Gasteiger partial charge in [0.25, 0.3) is 0 Å². The first-order chi connectivity index (χ1) is 9.68. The molecule has 0 atom stereocenters. The smallest absolute Gasteiger partial charge is 0.353 e. The number of hydrogen-bond acceptors (Lipinski definition) is 2. The van der Waals surface area contributed by atoms with Gasteiger partial charge in [-0.15, -0.1) is 0 Å². The SMILES string of the molecule is Cc1cn(-c2ccc(C)c(C(F)(F)F)c2)c(NC(C)C)n1. The topological polar surface area (TPSA) is 29.9 Å². The Balaban J connectivity index is 2.52. The van der Waals surface area contributed by atoms with E-state index in [2.05, 4.69) is 10.3 Å². The molecule has 0 bridgehead atoms. The third-order valence-corrected chi connectivity index (χ3v) is 3.05. The second kappa shape index (κ2) is 5.42. The number of aryl methyl sites for hydroxylation is 2. The molecule has 0 saturated heterocycles. The molecule has 0 aliphatic rings. The molecule has 1 aromatic carbocycles. The van der Waals surface area contributed by atoms with Gasteiger partial charge in [-0.05, 0) is 45.4 Å². The lowest BCUT2D eigenvalue weighted by atomic mass is 10.1. The maximum atomic E-state index is 13.0. The number of nitrogens with zero attached hydrogens (tertiary/aromatic N) is 2. The van der Waals surface area contributed by atoms with Crippen molar-refractivity contribution in [2.45, 2.75) is 39.9 Å². The Hall–Kier alpha value is -1.98. The third kappa shape index (κ3) is 3.37. The zero-order valence-electron chi connectivity index (χ0n) is 12.4. The molecule has 1 aromatic heterocycles. The first-order valence-electron chi connectivity index (χ1n) is 6.69. The second-order valence-corrected chi connectivity index (χ2v) is 5.37. The van der Waals surface area contributed by atoms with Crippen molar-refractivity contribution in [3.8, 4) is 5.69 Å². The molecule has 0 aliphatic carbocycles. The lowest BCUT2D eigenvalue weighted by molar-refractivity contribution is -0.138. The molecule has 0 saturated carbocycles. The fraction of sp³-hybridized carbons (Fsp3) is 0.400. The zero-order valence-corrected chi connectivity index (χ0v) is 12.4. The molecule has 114 valence electrons. The summed E-state index contributed by atoms with van der Waals surface area (Å²) in [6, 6.07) is 4.43. The third-order valence-electron chi connectivity index (χ3n) is 3.05. The zero-order chi connectivity index (χ0) is 15.8. The van der Waals surface area contributed by atoms with E-state index in [1.807, 2.05) is 13.8 Å². The molecule has 2 aromatic rings. The summed E-state index contributed by atoms with van der Waals surface area (Å²) in [7, 11) is 0. The van der Waals surface area contributed by atoms with Gasteiger partial charge in [0, 0.05) is 17.9 Å². The first-order valence-corrected chi connectivity index (χ1v) is 6.69. The summed E-state index contributed by atoms with van der Waals surface area (Å²) in [5.41, 5.74) is 0.771. The lowest BCUT2D eigenvalue weighted by Crippen LogP contribution is -2.14. The minimum Gasteiger partial charge on any atom is -0.353 e. The van der Waals surface area contributed by atoms with Gasteiger partial charge in [-0.25, -0.2) is 4.98 Å². The van der Waals surface area contributed by atoms with E-state index in [0.29, 0.717) is 11.6 Å². The molecule has 0 amide bonds. The highest BCUT2D eigenvalue weighted by molar-refractivity contribution is 5.47. The Morgan fingerprint density at radius 2 is 1.86 bits per heavy atom.